The van der Waals surface area contributed by atoms with E-state index in [9.17, 15) is 13.2 Å². The fourth-order valence-electron chi connectivity index (χ4n) is 4.63. The van der Waals surface area contributed by atoms with E-state index >= 15 is 0 Å². The molecular formula is C22H25ClN2O4S. The highest BCUT2D eigenvalue weighted by molar-refractivity contribution is 7.92. The SMILES string of the molecule is COc1ccc(S(=O)(=O)N(CC(=O)N[C@@H]2C[C@H]3CC[C@H]2C3)c2cccc(Cl)c2)cc1. The van der Waals surface area contributed by atoms with Crippen molar-refractivity contribution < 1.29 is 17.9 Å². The van der Waals surface area contributed by atoms with Crippen molar-refractivity contribution in [3.63, 3.8) is 0 Å². The number of ether oxygens (including phenoxy) is 1. The molecule has 1 N–H and O–H groups in total. The molecule has 6 nitrogen and oxygen atoms in total. The van der Waals surface area contributed by atoms with Crippen molar-refractivity contribution in [2.75, 3.05) is 18.0 Å². The molecule has 2 aromatic rings. The maximum absolute atomic E-state index is 13.4. The summed E-state index contributed by atoms with van der Waals surface area (Å²) in [7, 11) is -2.46. The Hall–Kier alpha value is -2.25. The van der Waals surface area contributed by atoms with E-state index in [2.05, 4.69) is 5.32 Å². The first-order valence-electron chi connectivity index (χ1n) is 10.1. The molecule has 30 heavy (non-hydrogen) atoms. The standard InChI is InChI=1S/C22H25ClN2O4S/c1-29-19-7-9-20(10-8-19)30(27,28)25(18-4-2-3-17(23)13-18)14-22(26)24-21-12-15-5-6-16(21)11-15/h2-4,7-10,13,15-16,21H,5-6,11-12,14H2,1H3,(H,24,26)/t15-,16-,21+/m0/s1. The van der Waals surface area contributed by atoms with Gasteiger partial charge in [-0.1, -0.05) is 24.1 Å². The van der Waals surface area contributed by atoms with Gasteiger partial charge in [-0.3, -0.25) is 9.10 Å². The minimum Gasteiger partial charge on any atom is -0.497 e. The summed E-state index contributed by atoms with van der Waals surface area (Å²) in [6.45, 7) is -0.303. The van der Waals surface area contributed by atoms with Gasteiger partial charge in [0.2, 0.25) is 5.91 Å². The molecule has 0 radical (unpaired) electrons. The summed E-state index contributed by atoms with van der Waals surface area (Å²) in [5.41, 5.74) is 0.349. The zero-order valence-corrected chi connectivity index (χ0v) is 18.3. The maximum Gasteiger partial charge on any atom is 0.264 e. The topological polar surface area (TPSA) is 75.7 Å². The number of halogens is 1. The Morgan fingerprint density at radius 3 is 2.53 bits per heavy atom. The smallest absolute Gasteiger partial charge is 0.264 e. The molecule has 0 heterocycles. The van der Waals surface area contributed by atoms with E-state index in [4.69, 9.17) is 16.3 Å². The van der Waals surface area contributed by atoms with E-state index in [0.717, 1.165) is 23.6 Å². The van der Waals surface area contributed by atoms with E-state index in [1.54, 1.807) is 36.4 Å². The van der Waals surface area contributed by atoms with Crippen LogP contribution in [0.25, 0.3) is 0 Å². The molecule has 0 saturated heterocycles. The van der Waals surface area contributed by atoms with Gasteiger partial charge < -0.3 is 10.1 Å². The van der Waals surface area contributed by atoms with E-state index in [1.165, 1.54) is 25.7 Å². The Bertz CT molecular complexity index is 1030. The molecular weight excluding hydrogens is 424 g/mol. The predicted molar refractivity (Wildman–Crippen MR) is 116 cm³/mol. The second-order valence-corrected chi connectivity index (χ2v) is 10.3. The number of nitrogens with one attached hydrogen (secondary N) is 1. The number of nitrogens with zero attached hydrogens (tertiary/aromatic N) is 1. The highest BCUT2D eigenvalue weighted by atomic mass is 35.5. The van der Waals surface area contributed by atoms with Gasteiger partial charge in [0.1, 0.15) is 12.3 Å². The number of benzene rings is 2. The molecule has 1 amide bonds. The number of rotatable bonds is 7. The largest absolute Gasteiger partial charge is 0.497 e. The van der Waals surface area contributed by atoms with Gasteiger partial charge >= 0.3 is 0 Å². The summed E-state index contributed by atoms with van der Waals surface area (Å²) in [5.74, 6) is 1.45. The molecule has 2 bridgehead atoms. The van der Waals surface area contributed by atoms with Gasteiger partial charge in [-0.15, -0.1) is 0 Å². The van der Waals surface area contributed by atoms with Gasteiger partial charge in [0.05, 0.1) is 17.7 Å². The fraction of sp³-hybridized carbons (Fsp3) is 0.409. The maximum atomic E-state index is 13.4. The summed E-state index contributed by atoms with van der Waals surface area (Å²) >= 11 is 6.10. The molecule has 8 heteroatoms. The zero-order valence-electron chi connectivity index (χ0n) is 16.8. The van der Waals surface area contributed by atoms with Crippen molar-refractivity contribution in [3.8, 4) is 5.75 Å². The second-order valence-electron chi connectivity index (χ2n) is 8.02. The van der Waals surface area contributed by atoms with Crippen LogP contribution in [-0.2, 0) is 14.8 Å². The van der Waals surface area contributed by atoms with Crippen LogP contribution < -0.4 is 14.4 Å². The van der Waals surface area contributed by atoms with Crippen LogP contribution in [0.5, 0.6) is 5.75 Å². The van der Waals surface area contributed by atoms with Crippen molar-refractivity contribution in [1.29, 1.82) is 0 Å². The average Bonchev–Trinajstić information content (AvgIpc) is 3.35. The third-order valence-electron chi connectivity index (χ3n) is 6.12. The Labute approximate surface area is 182 Å². The number of hydrogen-bond donors (Lipinski definition) is 1. The lowest BCUT2D eigenvalue weighted by atomic mass is 9.95. The van der Waals surface area contributed by atoms with Gasteiger partial charge in [0.25, 0.3) is 10.0 Å². The average molecular weight is 449 g/mol. The molecule has 2 aromatic carbocycles. The second kappa shape index (κ2) is 8.47. The molecule has 0 aromatic heterocycles. The highest BCUT2D eigenvalue weighted by Crippen LogP contribution is 2.44. The Kier molecular flexibility index (Phi) is 5.93. The number of fused-ring (bicyclic) bond motifs is 2. The van der Waals surface area contributed by atoms with E-state index in [0.29, 0.717) is 28.3 Å². The number of hydrogen-bond acceptors (Lipinski definition) is 4. The van der Waals surface area contributed by atoms with E-state index in [1.807, 2.05) is 0 Å². The lowest BCUT2D eigenvalue weighted by Crippen LogP contribution is -2.46. The van der Waals surface area contributed by atoms with Crippen molar-refractivity contribution in [2.45, 2.75) is 36.6 Å². The quantitative estimate of drug-likeness (QED) is 0.698. The molecule has 2 saturated carbocycles. The molecule has 160 valence electrons. The number of sulfonamides is 1. The first-order valence-corrected chi connectivity index (χ1v) is 11.9. The summed E-state index contributed by atoms with van der Waals surface area (Å²) in [4.78, 5) is 12.9. The third-order valence-corrected chi connectivity index (χ3v) is 8.14. The van der Waals surface area contributed by atoms with E-state index < -0.39 is 10.0 Å². The Balaban J connectivity index is 1.59. The molecule has 0 aliphatic heterocycles. The predicted octanol–water partition coefficient (Wildman–Crippen LogP) is 3.85. The molecule has 2 aliphatic rings. The summed E-state index contributed by atoms with van der Waals surface area (Å²) in [6, 6.07) is 12.8. The minimum absolute atomic E-state index is 0.0796. The lowest BCUT2D eigenvalue weighted by Gasteiger charge is -2.27. The minimum atomic E-state index is -3.98. The monoisotopic (exact) mass is 448 g/mol. The van der Waals surface area contributed by atoms with Crippen LogP contribution in [0.3, 0.4) is 0 Å². The van der Waals surface area contributed by atoms with Gasteiger partial charge in [-0.25, -0.2) is 8.42 Å². The van der Waals surface area contributed by atoms with Gasteiger partial charge in [0, 0.05) is 11.1 Å². The fourth-order valence-corrected chi connectivity index (χ4v) is 6.22. The van der Waals surface area contributed by atoms with Crippen molar-refractivity contribution in [2.24, 2.45) is 11.8 Å². The highest BCUT2D eigenvalue weighted by Gasteiger charge is 2.40. The summed E-state index contributed by atoms with van der Waals surface area (Å²) in [6.07, 6.45) is 4.52. The summed E-state index contributed by atoms with van der Waals surface area (Å²) < 4.78 is 33.0. The van der Waals surface area contributed by atoms with Gasteiger partial charge in [-0.2, -0.15) is 0 Å². The third kappa shape index (κ3) is 4.27. The van der Waals surface area contributed by atoms with Crippen molar-refractivity contribution >= 4 is 33.2 Å². The van der Waals surface area contributed by atoms with Crippen LogP contribution in [0.1, 0.15) is 25.7 Å². The Morgan fingerprint density at radius 1 is 1.17 bits per heavy atom. The number of carbonyl (C=O) groups is 1. The van der Waals surface area contributed by atoms with Gasteiger partial charge in [-0.05, 0) is 73.6 Å². The zero-order chi connectivity index (χ0) is 21.3. The number of carbonyl (C=O) groups excluding carboxylic acids is 1. The molecule has 2 aliphatic carbocycles. The van der Waals surface area contributed by atoms with Crippen LogP contribution >= 0.6 is 11.6 Å². The lowest BCUT2D eigenvalue weighted by molar-refractivity contribution is -0.120. The molecule has 0 spiro atoms. The van der Waals surface area contributed by atoms with Crippen LogP contribution in [0.2, 0.25) is 5.02 Å². The van der Waals surface area contributed by atoms with Crippen molar-refractivity contribution in [1.82, 2.24) is 5.32 Å². The molecule has 0 unspecified atom stereocenters. The van der Waals surface area contributed by atoms with E-state index in [-0.39, 0.29) is 23.4 Å². The normalized spacial score (nSPS) is 22.7. The Morgan fingerprint density at radius 2 is 1.93 bits per heavy atom. The first-order chi connectivity index (χ1) is 14.4. The van der Waals surface area contributed by atoms with Crippen LogP contribution in [0.4, 0.5) is 5.69 Å². The molecule has 4 rings (SSSR count). The van der Waals surface area contributed by atoms with Crippen LogP contribution in [0.15, 0.2) is 53.4 Å². The number of amides is 1. The molecule has 2 fully saturated rings. The molecule has 3 atom stereocenters. The first kappa shape index (κ1) is 21.0. The van der Waals surface area contributed by atoms with Crippen LogP contribution in [0, 0.1) is 11.8 Å². The number of methoxy groups -OCH3 is 1. The van der Waals surface area contributed by atoms with Gasteiger partial charge in [0.15, 0.2) is 0 Å². The van der Waals surface area contributed by atoms with Crippen molar-refractivity contribution in [3.05, 3.63) is 53.6 Å². The number of anilines is 1. The summed E-state index contributed by atoms with van der Waals surface area (Å²) in [5, 5.41) is 3.47. The van der Waals surface area contributed by atoms with Crippen LogP contribution in [-0.4, -0.2) is 34.0 Å².